The number of hydrogen-bond acceptors (Lipinski definition) is 2. The minimum Gasteiger partial charge on any atom is -0.347 e. The number of hydrogen-bond donors (Lipinski definition) is 0. The lowest BCUT2D eigenvalue weighted by Gasteiger charge is -2.32. The average Bonchev–Trinajstić information content (AvgIpc) is 3.05. The maximum absolute atomic E-state index is 2.60. The van der Waals surface area contributed by atoms with Crippen LogP contribution >= 0.6 is 11.9 Å². The van der Waals surface area contributed by atoms with E-state index in [0.29, 0.717) is 17.1 Å². The van der Waals surface area contributed by atoms with Gasteiger partial charge in [-0.25, -0.2) is 4.31 Å². The first kappa shape index (κ1) is 20.6. The van der Waals surface area contributed by atoms with Crippen LogP contribution in [0.5, 0.6) is 0 Å². The highest BCUT2D eigenvalue weighted by Gasteiger charge is 2.25. The first-order valence-corrected chi connectivity index (χ1v) is 11.9. The van der Waals surface area contributed by atoms with E-state index in [1.165, 1.54) is 48.0 Å². The molecule has 0 radical (unpaired) electrons. The number of fused-ring (bicyclic) bond motifs is 1. The second kappa shape index (κ2) is 8.97. The standard InChI is InChI=1S/C26H34N2S/c1-19(2)16-27-18-25(23-11-8-14-28(17-23)29-20(3)4)24-13-12-22(15-26(24)27)21-9-6-5-7-10-21/h5-7,9-10,12-13,15,18-20,23H,8,11,14,16-17H2,1-4H3. The molecule has 0 amide bonds. The fourth-order valence-corrected chi connectivity index (χ4v) is 5.69. The number of rotatable bonds is 6. The summed E-state index contributed by atoms with van der Waals surface area (Å²) in [5.74, 6) is 1.27. The van der Waals surface area contributed by atoms with Crippen molar-refractivity contribution in [1.29, 1.82) is 0 Å². The molecular formula is C26H34N2S. The molecule has 29 heavy (non-hydrogen) atoms. The molecule has 0 spiro atoms. The van der Waals surface area contributed by atoms with E-state index in [1.807, 2.05) is 11.9 Å². The Labute approximate surface area is 180 Å². The Bertz CT molecular complexity index is 942. The Hall–Kier alpha value is -1.71. The van der Waals surface area contributed by atoms with Gasteiger partial charge in [-0.3, -0.25) is 0 Å². The topological polar surface area (TPSA) is 8.17 Å². The SMILES string of the molecule is CC(C)Cn1cc(C2CCCN(SC(C)C)C2)c2ccc(-c3ccccc3)cc21. The van der Waals surface area contributed by atoms with Crippen LogP contribution in [0, 0.1) is 5.92 Å². The van der Waals surface area contributed by atoms with Gasteiger partial charge in [0, 0.05) is 42.0 Å². The van der Waals surface area contributed by atoms with Crippen molar-refractivity contribution in [2.45, 2.75) is 58.2 Å². The summed E-state index contributed by atoms with van der Waals surface area (Å²) in [5.41, 5.74) is 5.55. The van der Waals surface area contributed by atoms with E-state index in [2.05, 4.69) is 91.3 Å². The minimum atomic E-state index is 0.633. The Morgan fingerprint density at radius 1 is 1.00 bits per heavy atom. The summed E-state index contributed by atoms with van der Waals surface area (Å²) in [6.45, 7) is 12.7. The quantitative estimate of drug-likeness (QED) is 0.400. The van der Waals surface area contributed by atoms with Crippen molar-refractivity contribution < 1.29 is 0 Å². The molecule has 1 atom stereocenters. The monoisotopic (exact) mass is 406 g/mol. The van der Waals surface area contributed by atoms with Crippen molar-refractivity contribution in [2.24, 2.45) is 5.92 Å². The van der Waals surface area contributed by atoms with E-state index in [-0.39, 0.29) is 0 Å². The summed E-state index contributed by atoms with van der Waals surface area (Å²) in [7, 11) is 0. The summed E-state index contributed by atoms with van der Waals surface area (Å²) >= 11 is 2.02. The van der Waals surface area contributed by atoms with Gasteiger partial charge in [-0.1, -0.05) is 82.1 Å². The van der Waals surface area contributed by atoms with Gasteiger partial charge in [0.05, 0.1) is 0 Å². The predicted octanol–water partition coefficient (Wildman–Crippen LogP) is 7.20. The molecule has 0 bridgehead atoms. The molecule has 0 N–H and O–H groups in total. The Balaban J connectivity index is 1.72. The van der Waals surface area contributed by atoms with Crippen LogP contribution in [0.2, 0.25) is 0 Å². The highest BCUT2D eigenvalue weighted by atomic mass is 32.2. The lowest BCUT2D eigenvalue weighted by atomic mass is 9.91. The molecule has 4 rings (SSSR count). The second-order valence-corrected chi connectivity index (χ2v) is 10.8. The summed E-state index contributed by atoms with van der Waals surface area (Å²) in [6, 6.07) is 17.8. The molecule has 1 aliphatic heterocycles. The van der Waals surface area contributed by atoms with Crippen molar-refractivity contribution in [2.75, 3.05) is 13.1 Å². The third-order valence-electron chi connectivity index (χ3n) is 5.77. The fourth-order valence-electron chi connectivity index (χ4n) is 4.59. The first-order valence-electron chi connectivity index (χ1n) is 11.1. The third-order valence-corrected chi connectivity index (χ3v) is 6.82. The molecule has 154 valence electrons. The van der Waals surface area contributed by atoms with E-state index >= 15 is 0 Å². The fraction of sp³-hybridized carbons (Fsp3) is 0.462. The maximum atomic E-state index is 2.60. The van der Waals surface area contributed by atoms with Crippen LogP contribution in [0.25, 0.3) is 22.0 Å². The molecule has 0 saturated carbocycles. The Morgan fingerprint density at radius 2 is 1.79 bits per heavy atom. The molecule has 1 aliphatic rings. The summed E-state index contributed by atoms with van der Waals surface area (Å²) in [6.07, 6.45) is 5.06. The molecule has 1 saturated heterocycles. The zero-order valence-electron chi connectivity index (χ0n) is 18.3. The maximum Gasteiger partial charge on any atom is 0.0489 e. The zero-order chi connectivity index (χ0) is 20.4. The van der Waals surface area contributed by atoms with Crippen LogP contribution in [0.1, 0.15) is 52.0 Å². The third kappa shape index (κ3) is 4.73. The van der Waals surface area contributed by atoms with Crippen LogP contribution < -0.4 is 0 Å². The van der Waals surface area contributed by atoms with Crippen molar-refractivity contribution in [1.82, 2.24) is 8.87 Å². The van der Waals surface area contributed by atoms with Crippen LogP contribution in [0.4, 0.5) is 0 Å². The Kier molecular flexibility index (Phi) is 6.36. The first-order chi connectivity index (χ1) is 14.0. The van der Waals surface area contributed by atoms with Gasteiger partial charge in [0.25, 0.3) is 0 Å². The van der Waals surface area contributed by atoms with Gasteiger partial charge in [-0.15, -0.1) is 0 Å². The molecule has 1 fully saturated rings. The van der Waals surface area contributed by atoms with E-state index in [1.54, 1.807) is 5.56 Å². The van der Waals surface area contributed by atoms with Crippen molar-refractivity contribution in [3.8, 4) is 11.1 Å². The van der Waals surface area contributed by atoms with E-state index in [9.17, 15) is 0 Å². The normalized spacial score (nSPS) is 18.2. The molecule has 2 aromatic carbocycles. The van der Waals surface area contributed by atoms with Gasteiger partial charge in [-0.05, 0) is 47.4 Å². The van der Waals surface area contributed by atoms with Crippen LogP contribution in [-0.2, 0) is 6.54 Å². The van der Waals surface area contributed by atoms with E-state index in [0.717, 1.165) is 6.54 Å². The van der Waals surface area contributed by atoms with Crippen LogP contribution in [-0.4, -0.2) is 27.2 Å². The van der Waals surface area contributed by atoms with Gasteiger partial charge < -0.3 is 4.57 Å². The van der Waals surface area contributed by atoms with Gasteiger partial charge in [-0.2, -0.15) is 0 Å². The molecule has 2 heterocycles. The van der Waals surface area contributed by atoms with Crippen LogP contribution in [0.3, 0.4) is 0 Å². The summed E-state index contributed by atoms with van der Waals surface area (Å²) < 4.78 is 5.11. The van der Waals surface area contributed by atoms with Gasteiger partial charge in [0.15, 0.2) is 0 Å². The molecule has 3 heteroatoms. The number of piperidine rings is 1. The lowest BCUT2D eigenvalue weighted by molar-refractivity contribution is 0.342. The zero-order valence-corrected chi connectivity index (χ0v) is 19.1. The molecule has 3 aromatic rings. The number of benzene rings is 2. The highest BCUT2D eigenvalue weighted by molar-refractivity contribution is 7.97. The Morgan fingerprint density at radius 3 is 2.52 bits per heavy atom. The lowest BCUT2D eigenvalue weighted by Crippen LogP contribution is -2.30. The van der Waals surface area contributed by atoms with E-state index < -0.39 is 0 Å². The highest BCUT2D eigenvalue weighted by Crippen LogP contribution is 2.37. The predicted molar refractivity (Wildman–Crippen MR) is 128 cm³/mol. The average molecular weight is 407 g/mol. The van der Waals surface area contributed by atoms with Gasteiger partial charge >= 0.3 is 0 Å². The van der Waals surface area contributed by atoms with Crippen molar-refractivity contribution >= 4 is 22.9 Å². The van der Waals surface area contributed by atoms with Crippen LogP contribution in [0.15, 0.2) is 54.7 Å². The molecule has 0 aliphatic carbocycles. The van der Waals surface area contributed by atoms with Crippen molar-refractivity contribution in [3.05, 3.63) is 60.3 Å². The summed E-state index contributed by atoms with van der Waals surface area (Å²) in [4.78, 5) is 0. The largest absolute Gasteiger partial charge is 0.347 e. The van der Waals surface area contributed by atoms with Gasteiger partial charge in [0.2, 0.25) is 0 Å². The molecule has 1 aromatic heterocycles. The van der Waals surface area contributed by atoms with Crippen molar-refractivity contribution in [3.63, 3.8) is 0 Å². The van der Waals surface area contributed by atoms with E-state index in [4.69, 9.17) is 0 Å². The second-order valence-electron chi connectivity index (χ2n) is 9.11. The summed E-state index contributed by atoms with van der Waals surface area (Å²) in [5, 5.41) is 2.11. The molecular weight excluding hydrogens is 372 g/mol. The number of aromatic nitrogens is 1. The van der Waals surface area contributed by atoms with Gasteiger partial charge in [0.1, 0.15) is 0 Å². The molecule has 2 nitrogen and oxygen atoms in total. The minimum absolute atomic E-state index is 0.633. The smallest absolute Gasteiger partial charge is 0.0489 e. The molecule has 1 unspecified atom stereocenters. The number of nitrogens with zero attached hydrogens (tertiary/aromatic N) is 2.